The fourth-order valence-electron chi connectivity index (χ4n) is 1.97. The van der Waals surface area contributed by atoms with Crippen LogP contribution in [0.15, 0.2) is 0 Å². The van der Waals surface area contributed by atoms with Gasteiger partial charge in [-0.15, -0.1) is 0 Å². The summed E-state index contributed by atoms with van der Waals surface area (Å²) < 4.78 is 0. The van der Waals surface area contributed by atoms with E-state index in [2.05, 4.69) is 4.90 Å². The Morgan fingerprint density at radius 3 is 2.29 bits per heavy atom. The fourth-order valence-corrected chi connectivity index (χ4v) is 2.12. The van der Waals surface area contributed by atoms with E-state index in [1.165, 1.54) is 0 Å². The minimum absolute atomic E-state index is 0.183. The highest BCUT2D eigenvalue weighted by molar-refractivity contribution is 7.80. The first-order valence-corrected chi connectivity index (χ1v) is 5.64. The van der Waals surface area contributed by atoms with Crippen molar-refractivity contribution in [3.8, 4) is 0 Å². The molecule has 0 saturated carbocycles. The van der Waals surface area contributed by atoms with Gasteiger partial charge in [0, 0.05) is 0 Å². The van der Waals surface area contributed by atoms with E-state index in [1.807, 2.05) is 13.8 Å². The van der Waals surface area contributed by atoms with Gasteiger partial charge >= 0.3 is 0 Å². The predicted octanol–water partition coefficient (Wildman–Crippen LogP) is 0.754. The Balaban J connectivity index is 2.39. The zero-order chi connectivity index (χ0) is 10.7. The molecule has 0 aromatic rings. The van der Waals surface area contributed by atoms with Crippen molar-refractivity contribution in [2.75, 3.05) is 13.1 Å². The van der Waals surface area contributed by atoms with Crippen LogP contribution in [0.3, 0.4) is 0 Å². The van der Waals surface area contributed by atoms with E-state index in [-0.39, 0.29) is 12.1 Å². The van der Waals surface area contributed by atoms with Gasteiger partial charge in [0.15, 0.2) is 0 Å². The Bertz CT molecular complexity index is 200. The van der Waals surface area contributed by atoms with Gasteiger partial charge in [0.25, 0.3) is 0 Å². The Morgan fingerprint density at radius 2 is 1.93 bits per heavy atom. The lowest BCUT2D eigenvalue weighted by molar-refractivity contribution is 0.0678. The standard InChI is InChI=1S/C10H20N2OS/c1-7(10(11)14)12-5-3-9(4-6-12)8(2)13/h7-9,13H,3-6H2,1-2H3,(H2,11,14). The molecule has 0 bridgehead atoms. The minimum atomic E-state index is -0.183. The van der Waals surface area contributed by atoms with E-state index in [4.69, 9.17) is 18.0 Å². The maximum atomic E-state index is 9.44. The number of likely N-dealkylation sites (tertiary alicyclic amines) is 1. The topological polar surface area (TPSA) is 49.5 Å². The number of hydrogen-bond acceptors (Lipinski definition) is 3. The molecule has 82 valence electrons. The number of piperidine rings is 1. The van der Waals surface area contributed by atoms with Gasteiger partial charge in [-0.25, -0.2) is 0 Å². The van der Waals surface area contributed by atoms with Crippen molar-refractivity contribution in [3.05, 3.63) is 0 Å². The molecule has 1 saturated heterocycles. The lowest BCUT2D eigenvalue weighted by Crippen LogP contribution is -2.46. The van der Waals surface area contributed by atoms with Gasteiger partial charge in [0.2, 0.25) is 0 Å². The summed E-state index contributed by atoms with van der Waals surface area (Å²) in [4.78, 5) is 2.86. The van der Waals surface area contributed by atoms with Crippen LogP contribution in [0.25, 0.3) is 0 Å². The first kappa shape index (κ1) is 11.9. The summed E-state index contributed by atoms with van der Waals surface area (Å²) in [5.74, 6) is 0.449. The first-order valence-electron chi connectivity index (χ1n) is 5.23. The number of aliphatic hydroxyl groups is 1. The molecule has 0 aromatic carbocycles. The van der Waals surface area contributed by atoms with E-state index in [9.17, 15) is 5.11 Å². The van der Waals surface area contributed by atoms with Crippen LogP contribution in [-0.4, -0.2) is 40.2 Å². The van der Waals surface area contributed by atoms with E-state index >= 15 is 0 Å². The molecule has 2 atom stereocenters. The molecule has 1 fully saturated rings. The van der Waals surface area contributed by atoms with Crippen LogP contribution >= 0.6 is 12.2 Å². The molecule has 1 heterocycles. The third kappa shape index (κ3) is 2.90. The summed E-state index contributed by atoms with van der Waals surface area (Å²) in [6.07, 6.45) is 1.91. The van der Waals surface area contributed by atoms with Crippen LogP contribution in [0.1, 0.15) is 26.7 Å². The number of nitrogens with two attached hydrogens (primary N) is 1. The Morgan fingerprint density at radius 1 is 1.43 bits per heavy atom. The van der Waals surface area contributed by atoms with Gasteiger partial charge in [0.05, 0.1) is 17.1 Å². The van der Waals surface area contributed by atoms with Crippen molar-refractivity contribution < 1.29 is 5.11 Å². The van der Waals surface area contributed by atoms with Crippen LogP contribution < -0.4 is 5.73 Å². The lowest BCUT2D eigenvalue weighted by atomic mass is 9.91. The second kappa shape index (κ2) is 5.05. The zero-order valence-corrected chi connectivity index (χ0v) is 9.76. The number of nitrogens with zero attached hydrogens (tertiary/aromatic N) is 1. The van der Waals surface area contributed by atoms with E-state index in [0.717, 1.165) is 25.9 Å². The third-order valence-electron chi connectivity index (χ3n) is 3.22. The molecule has 0 spiro atoms. The number of rotatable bonds is 3. The lowest BCUT2D eigenvalue weighted by Gasteiger charge is -2.36. The number of thiocarbonyl (C=S) groups is 1. The minimum Gasteiger partial charge on any atom is -0.393 e. The van der Waals surface area contributed by atoms with Crippen LogP contribution in [0.5, 0.6) is 0 Å². The van der Waals surface area contributed by atoms with E-state index in [1.54, 1.807) is 0 Å². The summed E-state index contributed by atoms with van der Waals surface area (Å²) in [6.45, 7) is 5.91. The SMILES string of the molecule is CC(O)C1CCN(C(C)C(N)=S)CC1. The second-order valence-electron chi connectivity index (χ2n) is 4.19. The summed E-state index contributed by atoms with van der Waals surface area (Å²) in [7, 11) is 0. The predicted molar refractivity (Wildman–Crippen MR) is 62.2 cm³/mol. The molecule has 1 aliphatic rings. The highest BCUT2D eigenvalue weighted by atomic mass is 32.1. The van der Waals surface area contributed by atoms with E-state index < -0.39 is 0 Å². The molecule has 3 N–H and O–H groups in total. The van der Waals surface area contributed by atoms with Crippen molar-refractivity contribution in [1.29, 1.82) is 0 Å². The van der Waals surface area contributed by atoms with Crippen molar-refractivity contribution in [2.45, 2.75) is 38.8 Å². The average molecular weight is 216 g/mol. The molecular formula is C10H20N2OS. The zero-order valence-electron chi connectivity index (χ0n) is 8.94. The Labute approximate surface area is 91.3 Å². The molecule has 0 aromatic heterocycles. The van der Waals surface area contributed by atoms with Gasteiger partial charge < -0.3 is 10.8 Å². The normalized spacial score (nSPS) is 24.5. The maximum Gasteiger partial charge on any atom is 0.0899 e. The molecule has 0 radical (unpaired) electrons. The quantitative estimate of drug-likeness (QED) is 0.684. The van der Waals surface area contributed by atoms with Crippen molar-refractivity contribution in [2.24, 2.45) is 11.7 Å². The van der Waals surface area contributed by atoms with Crippen LogP contribution in [0.2, 0.25) is 0 Å². The average Bonchev–Trinajstić information content (AvgIpc) is 2.16. The molecule has 1 rings (SSSR count). The van der Waals surface area contributed by atoms with Gasteiger partial charge in [-0.05, 0) is 45.7 Å². The van der Waals surface area contributed by atoms with Crippen LogP contribution in [-0.2, 0) is 0 Å². The smallest absolute Gasteiger partial charge is 0.0899 e. The molecule has 0 amide bonds. The Hall–Kier alpha value is -0.190. The molecular weight excluding hydrogens is 196 g/mol. The third-order valence-corrected chi connectivity index (χ3v) is 3.56. The Kier molecular flexibility index (Phi) is 4.29. The van der Waals surface area contributed by atoms with Crippen LogP contribution in [0, 0.1) is 5.92 Å². The van der Waals surface area contributed by atoms with Crippen molar-refractivity contribution >= 4 is 17.2 Å². The molecule has 3 nitrogen and oxygen atoms in total. The largest absolute Gasteiger partial charge is 0.393 e. The summed E-state index contributed by atoms with van der Waals surface area (Å²) in [5, 5.41) is 9.44. The van der Waals surface area contributed by atoms with Gasteiger partial charge in [-0.1, -0.05) is 12.2 Å². The van der Waals surface area contributed by atoms with Gasteiger partial charge in [-0.2, -0.15) is 0 Å². The summed E-state index contributed by atoms with van der Waals surface area (Å²) >= 11 is 4.97. The van der Waals surface area contributed by atoms with E-state index in [0.29, 0.717) is 10.9 Å². The monoisotopic (exact) mass is 216 g/mol. The summed E-state index contributed by atoms with van der Waals surface area (Å²) in [5.41, 5.74) is 5.60. The maximum absolute atomic E-state index is 9.44. The van der Waals surface area contributed by atoms with Gasteiger partial charge in [-0.3, -0.25) is 4.90 Å². The van der Waals surface area contributed by atoms with Crippen LogP contribution in [0.4, 0.5) is 0 Å². The summed E-state index contributed by atoms with van der Waals surface area (Å²) in [6, 6.07) is 0.194. The van der Waals surface area contributed by atoms with Gasteiger partial charge in [0.1, 0.15) is 0 Å². The molecule has 0 aliphatic carbocycles. The highest BCUT2D eigenvalue weighted by Crippen LogP contribution is 2.21. The molecule has 2 unspecified atom stereocenters. The number of aliphatic hydroxyl groups excluding tert-OH is 1. The van der Waals surface area contributed by atoms with Crippen molar-refractivity contribution in [1.82, 2.24) is 4.90 Å². The molecule has 14 heavy (non-hydrogen) atoms. The molecule has 4 heteroatoms. The molecule has 1 aliphatic heterocycles. The van der Waals surface area contributed by atoms with Crippen molar-refractivity contribution in [3.63, 3.8) is 0 Å². The fraction of sp³-hybridized carbons (Fsp3) is 0.900. The first-order chi connectivity index (χ1) is 6.52. The highest BCUT2D eigenvalue weighted by Gasteiger charge is 2.25. The number of hydrogen-bond donors (Lipinski definition) is 2. The second-order valence-corrected chi connectivity index (χ2v) is 4.66.